The van der Waals surface area contributed by atoms with Gasteiger partial charge in [-0.1, -0.05) is 24.3 Å². The number of fused-ring (bicyclic) bond motifs is 1. The van der Waals surface area contributed by atoms with Gasteiger partial charge in [0.2, 0.25) is 0 Å². The van der Waals surface area contributed by atoms with E-state index in [2.05, 4.69) is 27.0 Å². The van der Waals surface area contributed by atoms with Crippen LogP contribution in [0.25, 0.3) is 10.9 Å². The lowest BCUT2D eigenvalue weighted by Crippen LogP contribution is -2.26. The minimum atomic E-state index is 0.0212. The van der Waals surface area contributed by atoms with Crippen LogP contribution < -0.4 is 0 Å². The third-order valence-corrected chi connectivity index (χ3v) is 4.81. The van der Waals surface area contributed by atoms with E-state index < -0.39 is 0 Å². The first-order valence-electron chi connectivity index (χ1n) is 8.47. The molecule has 1 aromatic carbocycles. The Kier molecular flexibility index (Phi) is 3.90. The summed E-state index contributed by atoms with van der Waals surface area (Å²) >= 11 is 0. The summed E-state index contributed by atoms with van der Waals surface area (Å²) in [4.78, 5) is 11.3. The molecule has 1 fully saturated rings. The van der Waals surface area contributed by atoms with E-state index in [-0.39, 0.29) is 11.8 Å². The van der Waals surface area contributed by atoms with Crippen LogP contribution in [-0.4, -0.2) is 33.1 Å². The fourth-order valence-electron chi connectivity index (χ4n) is 3.63. The Bertz CT molecular complexity index is 857. The number of hydrogen-bond acceptors (Lipinski definition) is 4. The molecule has 1 aliphatic rings. The molecule has 1 saturated heterocycles. The zero-order valence-electron chi connectivity index (χ0n) is 13.8. The Morgan fingerprint density at radius 2 is 1.88 bits per heavy atom. The number of rotatable bonds is 3. The van der Waals surface area contributed by atoms with Crippen molar-refractivity contribution in [2.45, 2.75) is 25.8 Å². The average Bonchev–Trinajstić information content (AvgIpc) is 3.13. The largest absolute Gasteiger partial charge is 0.505 e. The molecule has 1 aliphatic heterocycles. The van der Waals surface area contributed by atoms with Gasteiger partial charge < -0.3 is 5.11 Å². The number of aromatic nitrogens is 2. The van der Waals surface area contributed by atoms with E-state index in [0.717, 1.165) is 35.3 Å². The zero-order chi connectivity index (χ0) is 16.5. The molecule has 122 valence electrons. The summed E-state index contributed by atoms with van der Waals surface area (Å²) in [5, 5.41) is 11.9. The van der Waals surface area contributed by atoms with Crippen LogP contribution in [0.3, 0.4) is 0 Å². The Morgan fingerprint density at radius 1 is 1.08 bits per heavy atom. The van der Waals surface area contributed by atoms with Gasteiger partial charge in [-0.15, -0.1) is 0 Å². The predicted octanol–water partition coefficient (Wildman–Crippen LogP) is 3.83. The fraction of sp³-hybridized carbons (Fsp3) is 0.300. The Hall–Kier alpha value is -2.46. The maximum Gasteiger partial charge on any atom is 0.146 e. The summed E-state index contributed by atoms with van der Waals surface area (Å²) in [6.07, 6.45) is 6.08. The molecule has 1 unspecified atom stereocenters. The van der Waals surface area contributed by atoms with Gasteiger partial charge in [-0.2, -0.15) is 0 Å². The smallest absolute Gasteiger partial charge is 0.146 e. The highest BCUT2D eigenvalue weighted by Gasteiger charge is 2.28. The highest BCUT2D eigenvalue weighted by molar-refractivity contribution is 5.86. The molecule has 1 N–H and O–H groups in total. The minimum Gasteiger partial charge on any atom is -0.505 e. The van der Waals surface area contributed by atoms with Crippen molar-refractivity contribution in [1.29, 1.82) is 0 Å². The number of likely N-dealkylation sites (tertiary alicyclic amines) is 1. The number of phenols is 1. The van der Waals surface area contributed by atoms with Gasteiger partial charge in [0, 0.05) is 29.0 Å². The summed E-state index contributed by atoms with van der Waals surface area (Å²) in [7, 11) is 0. The molecule has 4 heteroatoms. The topological polar surface area (TPSA) is 49.2 Å². The molecule has 4 rings (SSSR count). The molecular weight excluding hydrogens is 298 g/mol. The SMILES string of the molecule is Cc1ccc2ccc(C(c3cccnc3)N3CCCC3)c(O)c2n1. The second kappa shape index (κ2) is 6.21. The summed E-state index contributed by atoms with van der Waals surface area (Å²) in [6, 6.07) is 12.1. The van der Waals surface area contributed by atoms with Crippen LogP contribution in [0.1, 0.15) is 35.7 Å². The summed E-state index contributed by atoms with van der Waals surface area (Å²) in [5.41, 5.74) is 3.62. The molecule has 3 aromatic rings. The predicted molar refractivity (Wildman–Crippen MR) is 95.0 cm³/mol. The molecular formula is C20H21N3O. The molecule has 0 radical (unpaired) electrons. The molecule has 0 spiro atoms. The third kappa shape index (κ3) is 2.63. The third-order valence-electron chi connectivity index (χ3n) is 4.81. The summed E-state index contributed by atoms with van der Waals surface area (Å²) < 4.78 is 0. The average molecular weight is 319 g/mol. The van der Waals surface area contributed by atoms with E-state index in [4.69, 9.17) is 0 Å². The maximum atomic E-state index is 11.0. The van der Waals surface area contributed by atoms with Crippen LogP contribution in [0.2, 0.25) is 0 Å². The van der Waals surface area contributed by atoms with Gasteiger partial charge in [-0.05, 0) is 50.6 Å². The van der Waals surface area contributed by atoms with Crippen LogP contribution in [0.5, 0.6) is 5.75 Å². The van der Waals surface area contributed by atoms with Gasteiger partial charge in [0.05, 0.1) is 6.04 Å². The molecule has 2 aromatic heterocycles. The van der Waals surface area contributed by atoms with Crippen molar-refractivity contribution >= 4 is 10.9 Å². The van der Waals surface area contributed by atoms with Crippen molar-refractivity contribution < 1.29 is 5.11 Å². The molecule has 3 heterocycles. The van der Waals surface area contributed by atoms with E-state index in [1.165, 1.54) is 12.8 Å². The Labute approximate surface area is 141 Å². The monoisotopic (exact) mass is 319 g/mol. The van der Waals surface area contributed by atoms with Crippen molar-refractivity contribution in [1.82, 2.24) is 14.9 Å². The van der Waals surface area contributed by atoms with Crippen molar-refractivity contribution in [3.05, 3.63) is 65.6 Å². The van der Waals surface area contributed by atoms with E-state index in [1.54, 1.807) is 6.20 Å². The first-order valence-corrected chi connectivity index (χ1v) is 8.47. The van der Waals surface area contributed by atoms with Crippen molar-refractivity contribution in [2.75, 3.05) is 13.1 Å². The van der Waals surface area contributed by atoms with E-state index >= 15 is 0 Å². The number of aryl methyl sites for hydroxylation is 1. The maximum absolute atomic E-state index is 11.0. The van der Waals surface area contributed by atoms with Crippen molar-refractivity contribution in [2.24, 2.45) is 0 Å². The van der Waals surface area contributed by atoms with Crippen LogP contribution >= 0.6 is 0 Å². The molecule has 0 amide bonds. The van der Waals surface area contributed by atoms with Crippen molar-refractivity contribution in [3.8, 4) is 5.75 Å². The van der Waals surface area contributed by atoms with Gasteiger partial charge in [-0.3, -0.25) is 9.88 Å². The Balaban J connectivity index is 1.89. The van der Waals surface area contributed by atoms with E-state index in [1.807, 2.05) is 37.4 Å². The summed E-state index contributed by atoms with van der Waals surface area (Å²) in [6.45, 7) is 4.03. The quantitative estimate of drug-likeness (QED) is 0.797. The first kappa shape index (κ1) is 15.1. The molecule has 24 heavy (non-hydrogen) atoms. The highest BCUT2D eigenvalue weighted by Crippen LogP contribution is 2.39. The molecule has 1 atom stereocenters. The van der Waals surface area contributed by atoms with Crippen LogP contribution in [0.15, 0.2) is 48.8 Å². The highest BCUT2D eigenvalue weighted by atomic mass is 16.3. The zero-order valence-corrected chi connectivity index (χ0v) is 13.8. The second-order valence-electron chi connectivity index (χ2n) is 6.46. The normalized spacial score (nSPS) is 16.5. The number of aromatic hydroxyl groups is 1. The molecule has 0 saturated carbocycles. The van der Waals surface area contributed by atoms with E-state index in [9.17, 15) is 5.11 Å². The fourth-order valence-corrected chi connectivity index (χ4v) is 3.63. The lowest BCUT2D eigenvalue weighted by Gasteiger charge is -2.29. The summed E-state index contributed by atoms with van der Waals surface area (Å²) in [5.74, 6) is 0.289. The standard InChI is InChI=1S/C20H21N3O/c1-14-6-7-15-8-9-17(20(24)18(15)22-14)19(23-11-2-3-12-23)16-5-4-10-21-13-16/h4-10,13,19,24H,2-3,11-12H2,1H3. The number of benzene rings is 1. The van der Waals surface area contributed by atoms with Gasteiger partial charge in [0.15, 0.2) is 0 Å². The lowest BCUT2D eigenvalue weighted by atomic mass is 9.96. The molecule has 4 nitrogen and oxygen atoms in total. The number of phenolic OH excluding ortho intramolecular Hbond substituents is 1. The van der Waals surface area contributed by atoms with Gasteiger partial charge >= 0.3 is 0 Å². The van der Waals surface area contributed by atoms with E-state index in [0.29, 0.717) is 5.52 Å². The van der Waals surface area contributed by atoms with Crippen LogP contribution in [-0.2, 0) is 0 Å². The molecule has 0 aliphatic carbocycles. The van der Waals surface area contributed by atoms with Crippen LogP contribution in [0.4, 0.5) is 0 Å². The lowest BCUT2D eigenvalue weighted by molar-refractivity contribution is 0.275. The molecule has 0 bridgehead atoms. The van der Waals surface area contributed by atoms with Gasteiger partial charge in [0.25, 0.3) is 0 Å². The van der Waals surface area contributed by atoms with Gasteiger partial charge in [-0.25, -0.2) is 4.98 Å². The van der Waals surface area contributed by atoms with Gasteiger partial charge in [0.1, 0.15) is 11.3 Å². The Morgan fingerprint density at radius 3 is 2.62 bits per heavy atom. The number of pyridine rings is 2. The second-order valence-corrected chi connectivity index (χ2v) is 6.46. The van der Waals surface area contributed by atoms with Crippen molar-refractivity contribution in [3.63, 3.8) is 0 Å². The number of hydrogen-bond donors (Lipinski definition) is 1. The number of nitrogens with zero attached hydrogens (tertiary/aromatic N) is 3. The van der Waals surface area contributed by atoms with Crippen LogP contribution in [0, 0.1) is 6.92 Å². The first-order chi connectivity index (χ1) is 11.7. The minimum absolute atomic E-state index is 0.0212.